The number of halogens is 1. The average molecular weight is 452 g/mol. The number of carbonyl (C=O) groups is 1. The number of hydrogen-bond donors (Lipinski definition) is 1. The zero-order valence-electron chi connectivity index (χ0n) is 16.3. The van der Waals surface area contributed by atoms with Gasteiger partial charge in [0.1, 0.15) is 18.2 Å². The maximum absolute atomic E-state index is 13.0. The van der Waals surface area contributed by atoms with Crippen molar-refractivity contribution in [2.75, 3.05) is 5.75 Å². The van der Waals surface area contributed by atoms with Crippen LogP contribution in [0.1, 0.15) is 11.1 Å². The Bertz CT molecular complexity index is 1180. The van der Waals surface area contributed by atoms with Gasteiger partial charge in [-0.3, -0.25) is 4.79 Å². The molecule has 1 N–H and O–H groups in total. The fraction of sp³-hybridized carbons (Fsp3) is 0.0870. The minimum absolute atomic E-state index is 0.204. The molecule has 0 saturated carbocycles. The summed E-state index contributed by atoms with van der Waals surface area (Å²) >= 11 is 2.95. The van der Waals surface area contributed by atoms with E-state index >= 15 is 0 Å². The number of nitrogens with zero attached hydrogens (tertiary/aromatic N) is 2. The number of para-hydroxylation sites is 1. The van der Waals surface area contributed by atoms with Crippen molar-refractivity contribution in [3.63, 3.8) is 0 Å². The fourth-order valence-electron chi connectivity index (χ4n) is 2.68. The monoisotopic (exact) mass is 451 g/mol. The molecule has 5 nitrogen and oxygen atoms in total. The van der Waals surface area contributed by atoms with Crippen molar-refractivity contribution in [1.29, 1.82) is 0 Å². The zero-order valence-corrected chi connectivity index (χ0v) is 18.0. The van der Waals surface area contributed by atoms with Crippen molar-refractivity contribution in [2.24, 2.45) is 5.10 Å². The molecule has 4 rings (SSSR count). The Kier molecular flexibility index (Phi) is 6.91. The number of hydrogen-bond acceptors (Lipinski definition) is 6. The van der Waals surface area contributed by atoms with Crippen molar-refractivity contribution >= 4 is 45.4 Å². The maximum atomic E-state index is 13.0. The van der Waals surface area contributed by atoms with Gasteiger partial charge < -0.3 is 4.74 Å². The lowest BCUT2D eigenvalue weighted by Crippen LogP contribution is -2.19. The highest BCUT2D eigenvalue weighted by atomic mass is 32.2. The number of thiazole rings is 1. The molecule has 0 aliphatic carbocycles. The van der Waals surface area contributed by atoms with Gasteiger partial charge in [0, 0.05) is 0 Å². The first-order valence-electron chi connectivity index (χ1n) is 9.43. The number of hydrazone groups is 1. The number of benzene rings is 3. The Morgan fingerprint density at radius 2 is 1.97 bits per heavy atom. The second kappa shape index (κ2) is 10.2. The summed E-state index contributed by atoms with van der Waals surface area (Å²) in [5, 5.41) is 4.01. The Hall–Kier alpha value is -3.23. The minimum Gasteiger partial charge on any atom is -0.489 e. The molecular formula is C23H18FN3O2S2. The van der Waals surface area contributed by atoms with Crippen LogP contribution in [0.4, 0.5) is 4.39 Å². The van der Waals surface area contributed by atoms with Crippen molar-refractivity contribution in [2.45, 2.75) is 10.9 Å². The molecule has 0 saturated heterocycles. The van der Waals surface area contributed by atoms with Crippen molar-refractivity contribution in [3.8, 4) is 5.75 Å². The topological polar surface area (TPSA) is 63.6 Å². The first kappa shape index (κ1) is 21.0. The van der Waals surface area contributed by atoms with Crippen LogP contribution < -0.4 is 10.2 Å². The van der Waals surface area contributed by atoms with Gasteiger partial charge in [0.05, 0.1) is 22.2 Å². The minimum atomic E-state index is -0.275. The molecule has 3 aromatic carbocycles. The summed E-state index contributed by atoms with van der Waals surface area (Å²) in [6.07, 6.45) is 1.56. The van der Waals surface area contributed by atoms with Gasteiger partial charge >= 0.3 is 0 Å². The van der Waals surface area contributed by atoms with Gasteiger partial charge in [0.15, 0.2) is 4.34 Å². The number of rotatable bonds is 8. The van der Waals surface area contributed by atoms with Gasteiger partial charge in [-0.25, -0.2) is 14.8 Å². The summed E-state index contributed by atoms with van der Waals surface area (Å²) in [6, 6.07) is 21.4. The van der Waals surface area contributed by atoms with Gasteiger partial charge in [-0.05, 0) is 47.5 Å². The maximum Gasteiger partial charge on any atom is 0.250 e. The predicted octanol–water partition coefficient (Wildman–Crippen LogP) is 5.26. The summed E-state index contributed by atoms with van der Waals surface area (Å²) in [5.74, 6) is 0.413. The molecule has 8 heteroatoms. The normalized spacial score (nSPS) is 11.1. The Labute approximate surface area is 187 Å². The highest BCUT2D eigenvalue weighted by Gasteiger charge is 2.07. The van der Waals surface area contributed by atoms with Crippen molar-refractivity contribution in [3.05, 3.63) is 89.7 Å². The Morgan fingerprint density at radius 3 is 2.81 bits per heavy atom. The van der Waals surface area contributed by atoms with Crippen LogP contribution in [0.25, 0.3) is 10.2 Å². The standard InChI is InChI=1S/C23H18FN3O2S2/c24-18-10-8-16(9-11-18)14-29-19-5-3-4-17(12-19)13-25-27-22(28)15-30-23-26-20-6-1-2-7-21(20)31-23/h1-13H,14-15H2,(H,27,28)/b25-13-. The summed E-state index contributed by atoms with van der Waals surface area (Å²) in [4.78, 5) is 16.5. The van der Waals surface area contributed by atoms with E-state index in [0.29, 0.717) is 12.4 Å². The molecule has 0 atom stereocenters. The van der Waals surface area contributed by atoms with Gasteiger partial charge in [-0.1, -0.05) is 48.2 Å². The van der Waals surface area contributed by atoms with Gasteiger partial charge in [-0.2, -0.15) is 5.10 Å². The molecule has 0 aliphatic heterocycles. The highest BCUT2D eigenvalue weighted by Crippen LogP contribution is 2.29. The smallest absolute Gasteiger partial charge is 0.250 e. The van der Waals surface area contributed by atoms with Crippen LogP contribution in [0.15, 0.2) is 82.2 Å². The summed E-state index contributed by atoms with van der Waals surface area (Å²) in [5.41, 5.74) is 5.13. The number of ether oxygens (including phenoxy) is 1. The van der Waals surface area contributed by atoms with Gasteiger partial charge in [-0.15, -0.1) is 11.3 Å². The highest BCUT2D eigenvalue weighted by molar-refractivity contribution is 8.01. The largest absolute Gasteiger partial charge is 0.489 e. The molecule has 1 heterocycles. The first-order valence-corrected chi connectivity index (χ1v) is 11.2. The van der Waals surface area contributed by atoms with Crippen LogP contribution in [-0.4, -0.2) is 22.9 Å². The van der Waals surface area contributed by atoms with E-state index in [1.165, 1.54) is 23.9 Å². The van der Waals surface area contributed by atoms with E-state index in [9.17, 15) is 9.18 Å². The second-order valence-electron chi connectivity index (χ2n) is 6.52. The van der Waals surface area contributed by atoms with E-state index in [-0.39, 0.29) is 17.5 Å². The van der Waals surface area contributed by atoms with E-state index in [1.54, 1.807) is 29.7 Å². The molecule has 0 radical (unpaired) electrons. The quantitative estimate of drug-likeness (QED) is 0.226. The lowest BCUT2D eigenvalue weighted by molar-refractivity contribution is -0.118. The predicted molar refractivity (Wildman–Crippen MR) is 123 cm³/mol. The number of aromatic nitrogens is 1. The lowest BCUT2D eigenvalue weighted by Gasteiger charge is -2.07. The Balaban J connectivity index is 1.25. The van der Waals surface area contributed by atoms with Crippen LogP contribution in [0.5, 0.6) is 5.75 Å². The number of thioether (sulfide) groups is 1. The lowest BCUT2D eigenvalue weighted by atomic mass is 10.2. The fourth-order valence-corrected chi connectivity index (χ4v) is 4.54. The molecule has 4 aromatic rings. The number of nitrogens with one attached hydrogen (secondary N) is 1. The third-order valence-electron chi connectivity index (χ3n) is 4.18. The molecule has 1 amide bonds. The molecule has 0 fully saturated rings. The summed E-state index contributed by atoms with van der Waals surface area (Å²) in [6.45, 7) is 0.334. The number of carbonyl (C=O) groups excluding carboxylic acids is 1. The van der Waals surface area contributed by atoms with Crippen LogP contribution in [0.2, 0.25) is 0 Å². The van der Waals surface area contributed by atoms with Crippen LogP contribution in [0, 0.1) is 5.82 Å². The molecule has 0 spiro atoms. The summed E-state index contributed by atoms with van der Waals surface area (Å²) < 4.78 is 20.7. The molecule has 0 aliphatic rings. The van der Waals surface area contributed by atoms with E-state index in [4.69, 9.17) is 4.74 Å². The molecule has 0 unspecified atom stereocenters. The van der Waals surface area contributed by atoms with Crippen molar-refractivity contribution in [1.82, 2.24) is 10.4 Å². The molecular weight excluding hydrogens is 433 g/mol. The third-order valence-corrected chi connectivity index (χ3v) is 6.36. The number of fused-ring (bicyclic) bond motifs is 1. The number of amides is 1. The van der Waals surface area contributed by atoms with Crippen LogP contribution in [-0.2, 0) is 11.4 Å². The molecule has 156 valence electrons. The molecule has 0 bridgehead atoms. The average Bonchev–Trinajstić information content (AvgIpc) is 3.21. The van der Waals surface area contributed by atoms with Gasteiger partial charge in [0.2, 0.25) is 0 Å². The van der Waals surface area contributed by atoms with E-state index in [0.717, 1.165) is 25.7 Å². The van der Waals surface area contributed by atoms with E-state index in [1.807, 2.05) is 48.5 Å². The molecule has 1 aromatic heterocycles. The summed E-state index contributed by atoms with van der Waals surface area (Å²) in [7, 11) is 0. The Morgan fingerprint density at radius 1 is 1.13 bits per heavy atom. The zero-order chi connectivity index (χ0) is 21.5. The van der Waals surface area contributed by atoms with E-state index < -0.39 is 0 Å². The molecule has 31 heavy (non-hydrogen) atoms. The van der Waals surface area contributed by atoms with Gasteiger partial charge in [0.25, 0.3) is 5.91 Å². The van der Waals surface area contributed by atoms with Crippen molar-refractivity contribution < 1.29 is 13.9 Å². The third kappa shape index (κ3) is 6.13. The van der Waals surface area contributed by atoms with Crippen LogP contribution >= 0.6 is 23.1 Å². The second-order valence-corrected chi connectivity index (χ2v) is 8.77. The van der Waals surface area contributed by atoms with Crippen LogP contribution in [0.3, 0.4) is 0 Å². The SMILES string of the molecule is O=C(CSc1nc2ccccc2s1)N/N=C\c1cccc(OCc2ccc(F)cc2)c1. The first-order chi connectivity index (χ1) is 15.2. The van der Waals surface area contributed by atoms with E-state index in [2.05, 4.69) is 15.5 Å².